The first-order valence-electron chi connectivity index (χ1n) is 9.74. The Balaban J connectivity index is 2.21. The molecule has 1 aromatic rings. The molecule has 0 saturated carbocycles. The number of hydrogen-bond acceptors (Lipinski definition) is 11. The number of ether oxygens (including phenoxy) is 1. The molecule has 16 nitrogen and oxygen atoms in total. The van der Waals surface area contributed by atoms with Gasteiger partial charge in [0.2, 0.25) is 6.29 Å². The summed E-state index contributed by atoms with van der Waals surface area (Å²) >= 11 is 0. The van der Waals surface area contributed by atoms with E-state index in [9.17, 15) is 33.8 Å². The van der Waals surface area contributed by atoms with Gasteiger partial charge in [-0.3, -0.25) is 18.9 Å². The van der Waals surface area contributed by atoms with Crippen LogP contribution in [0.2, 0.25) is 0 Å². The third-order valence-corrected chi connectivity index (χ3v) is 6.51. The number of nitrogens with zero attached hydrogens (tertiary/aromatic N) is 1. The quantitative estimate of drug-likeness (QED) is 0.0616. The molecule has 2 rings (SSSR count). The molecule has 0 amide bonds. The van der Waals surface area contributed by atoms with Gasteiger partial charge in [-0.2, -0.15) is 4.31 Å². The largest absolute Gasteiger partial charge is 0.483 e. The van der Waals surface area contributed by atoms with Crippen LogP contribution in [0.5, 0.6) is 0 Å². The Kier molecular flexibility index (Phi) is 10.1. The van der Waals surface area contributed by atoms with Crippen LogP contribution in [-0.4, -0.2) is 65.7 Å². The second-order valence-corrected chi connectivity index (χ2v) is 9.77. The van der Waals surface area contributed by atoms with Gasteiger partial charge in [-0.15, -0.1) is 0 Å². The smallest absolute Gasteiger partial charge is 0.387 e. The summed E-state index contributed by atoms with van der Waals surface area (Å²) in [7, 11) is -11.0. The van der Waals surface area contributed by atoms with Gasteiger partial charge < -0.3 is 29.6 Å². The highest BCUT2D eigenvalue weighted by Crippen LogP contribution is 2.58. The van der Waals surface area contributed by atoms with E-state index in [-0.39, 0.29) is 6.61 Å². The number of phosphoric ester groups is 1. The van der Waals surface area contributed by atoms with E-state index in [1.165, 1.54) is 0 Å². The van der Waals surface area contributed by atoms with Crippen molar-refractivity contribution >= 4 is 15.6 Å². The molecule has 18 heteroatoms. The van der Waals surface area contributed by atoms with Crippen molar-refractivity contribution in [3.05, 3.63) is 33.1 Å². The number of aliphatic hydroxyl groups excluding tert-OH is 2. The molecule has 1 aliphatic rings. The molecule has 2 unspecified atom stereocenters. The van der Waals surface area contributed by atoms with Crippen LogP contribution in [0.4, 0.5) is 0 Å². The lowest BCUT2D eigenvalue weighted by Gasteiger charge is -2.26. The molecular weight excluding hydrogens is 494 g/mol. The minimum atomic E-state index is -5.50. The molecule has 6 N–H and O–H groups in total. The van der Waals surface area contributed by atoms with Crippen molar-refractivity contribution < 1.29 is 57.4 Å². The van der Waals surface area contributed by atoms with Crippen LogP contribution in [0.15, 0.2) is 21.9 Å². The number of nitrogens with one attached hydrogen (secondary N) is 1. The van der Waals surface area contributed by atoms with Crippen molar-refractivity contribution in [1.29, 1.82) is 0 Å². The van der Waals surface area contributed by atoms with Crippen LogP contribution in [0.3, 0.4) is 0 Å². The second-order valence-electron chi connectivity index (χ2n) is 6.98. The van der Waals surface area contributed by atoms with Crippen molar-refractivity contribution in [3.8, 4) is 0 Å². The van der Waals surface area contributed by atoms with E-state index in [0.29, 0.717) is 6.42 Å². The molecule has 2 heterocycles. The molecule has 1 fully saturated rings. The number of rotatable bonds is 13. The average Bonchev–Trinajstić information content (AvgIpc) is 2.97. The number of unbranched alkanes of at least 4 members (excludes halogenated alkanes) is 3. The molecule has 0 radical (unpaired) electrons. The lowest BCUT2D eigenvalue weighted by atomic mass is 10.1. The second kappa shape index (κ2) is 11.9. The number of H-pyrrole nitrogens is 1. The Morgan fingerprint density at radius 2 is 1.85 bits per heavy atom. The summed E-state index contributed by atoms with van der Waals surface area (Å²) in [5, 5.41) is 20.7. The molecule has 0 aliphatic carbocycles. The highest BCUT2D eigenvalue weighted by Gasteiger charge is 2.51. The van der Waals surface area contributed by atoms with Crippen LogP contribution >= 0.6 is 15.6 Å². The van der Waals surface area contributed by atoms with Gasteiger partial charge in [-0.25, -0.2) is 23.7 Å². The van der Waals surface area contributed by atoms with E-state index in [1.807, 2.05) is 11.9 Å². The van der Waals surface area contributed by atoms with Gasteiger partial charge in [0.25, 0.3) is 5.56 Å². The Bertz CT molecular complexity index is 976. The normalized spacial score (nSPS) is 26.2. The molecule has 33 heavy (non-hydrogen) atoms. The molecule has 0 aromatic carbocycles. The molecule has 0 spiro atoms. The number of aromatic nitrogens is 2. The van der Waals surface area contributed by atoms with Crippen molar-refractivity contribution in [1.82, 2.24) is 9.55 Å². The number of aromatic amines is 1. The Morgan fingerprint density at radius 3 is 2.45 bits per heavy atom. The van der Waals surface area contributed by atoms with Crippen LogP contribution < -0.4 is 11.2 Å². The third kappa shape index (κ3) is 8.47. The zero-order valence-corrected chi connectivity index (χ0v) is 19.1. The first-order chi connectivity index (χ1) is 15.3. The van der Waals surface area contributed by atoms with Gasteiger partial charge in [0, 0.05) is 12.3 Å². The summed E-state index contributed by atoms with van der Waals surface area (Å²) in [5.74, 6) is 0. The van der Waals surface area contributed by atoms with Crippen LogP contribution in [0.25, 0.3) is 0 Å². The van der Waals surface area contributed by atoms with Gasteiger partial charge in [0.1, 0.15) is 18.3 Å². The Morgan fingerprint density at radius 1 is 1.15 bits per heavy atom. The first kappa shape index (κ1) is 28.0. The molecule has 0 bridgehead atoms. The van der Waals surface area contributed by atoms with Gasteiger partial charge in [0.15, 0.2) is 6.23 Å². The molecular formula is C15H26N2O14P2. The summed E-state index contributed by atoms with van der Waals surface area (Å²) in [6, 6.07) is 0.941. The maximum Gasteiger partial charge on any atom is 0.483 e. The summed E-state index contributed by atoms with van der Waals surface area (Å²) in [4.78, 5) is 62.2. The number of aliphatic hydroxyl groups is 2. The van der Waals surface area contributed by atoms with Crippen molar-refractivity contribution in [2.45, 2.75) is 63.4 Å². The summed E-state index contributed by atoms with van der Waals surface area (Å²) in [6.07, 6.45) is -5.19. The Hall–Kier alpha value is -1.26. The number of hydrogen-bond donors (Lipinski definition) is 6. The molecule has 1 saturated heterocycles. The zero-order chi connectivity index (χ0) is 24.8. The highest BCUT2D eigenvalue weighted by molar-refractivity contribution is 7.60. The van der Waals surface area contributed by atoms with E-state index in [0.717, 1.165) is 36.1 Å². The molecule has 6 atom stereocenters. The van der Waals surface area contributed by atoms with Crippen LogP contribution in [0.1, 0.15) is 38.8 Å². The number of phosphoric acid groups is 2. The third-order valence-electron chi connectivity index (χ3n) is 4.36. The van der Waals surface area contributed by atoms with Crippen LogP contribution in [0, 0.1) is 0 Å². The fraction of sp³-hybridized carbons (Fsp3) is 0.733. The van der Waals surface area contributed by atoms with Gasteiger partial charge in [-0.1, -0.05) is 26.2 Å². The maximum absolute atomic E-state index is 12.0. The fourth-order valence-electron chi connectivity index (χ4n) is 2.89. The van der Waals surface area contributed by atoms with Crippen molar-refractivity contribution in [2.24, 2.45) is 0 Å². The van der Waals surface area contributed by atoms with Crippen molar-refractivity contribution in [2.75, 3.05) is 6.61 Å². The SMILES string of the molecule is CCCCCCOOC(OP(=O)(O)OP(=O)(O)O)[C@H]1O[C@@H](n2ccc(=O)[nH]c2=O)[C@H](O)[C@@H]1O. The maximum atomic E-state index is 12.0. The highest BCUT2D eigenvalue weighted by atomic mass is 31.3. The Labute approximate surface area is 186 Å². The minimum absolute atomic E-state index is 0.0247. The lowest BCUT2D eigenvalue weighted by Crippen LogP contribution is -2.41. The van der Waals surface area contributed by atoms with Gasteiger partial charge >= 0.3 is 21.3 Å². The van der Waals surface area contributed by atoms with Gasteiger partial charge in [0.05, 0.1) is 6.61 Å². The summed E-state index contributed by atoms with van der Waals surface area (Å²) in [5.41, 5.74) is -1.74. The van der Waals surface area contributed by atoms with E-state index in [1.54, 1.807) is 0 Å². The molecule has 1 aromatic heterocycles. The predicted molar refractivity (Wildman–Crippen MR) is 106 cm³/mol. The van der Waals surface area contributed by atoms with Gasteiger partial charge in [-0.05, 0) is 6.42 Å². The first-order valence-corrected chi connectivity index (χ1v) is 12.8. The van der Waals surface area contributed by atoms with E-state index in [4.69, 9.17) is 24.3 Å². The zero-order valence-electron chi connectivity index (χ0n) is 17.3. The predicted octanol–water partition coefficient (Wildman–Crippen LogP) is -0.763. The monoisotopic (exact) mass is 520 g/mol. The van der Waals surface area contributed by atoms with Crippen molar-refractivity contribution in [3.63, 3.8) is 0 Å². The van der Waals surface area contributed by atoms with E-state index in [2.05, 4.69) is 8.83 Å². The average molecular weight is 520 g/mol. The minimum Gasteiger partial charge on any atom is -0.387 e. The van der Waals surface area contributed by atoms with E-state index >= 15 is 0 Å². The standard InChI is InChI=1S/C15H26N2O14P2/c1-2-3-4-5-8-27-29-14(30-33(25,26)31-32(22,23)24)12-10(19)11(20)13(28-12)17-7-6-9(18)16-15(17)21/h6-7,10-14,19-20H,2-5,8H2,1H3,(H,25,26)(H,16,18,21)(H2,22,23,24)/t10-,11+,12-,13+,14?/m0/s1. The fourth-order valence-corrected chi connectivity index (χ4v) is 4.54. The van der Waals surface area contributed by atoms with E-state index < -0.39 is 57.7 Å². The summed E-state index contributed by atoms with van der Waals surface area (Å²) < 4.78 is 37.3. The lowest BCUT2D eigenvalue weighted by molar-refractivity contribution is -0.385. The summed E-state index contributed by atoms with van der Waals surface area (Å²) in [6.45, 7) is 1.96. The molecule has 1 aliphatic heterocycles. The molecule has 190 valence electrons. The topological polar surface area (TPSA) is 236 Å². The van der Waals surface area contributed by atoms with Crippen LogP contribution in [-0.2, 0) is 32.5 Å².